The second-order valence-corrected chi connectivity index (χ2v) is 3.94. The number of anilines is 1. The highest BCUT2D eigenvalue weighted by molar-refractivity contribution is 6.05. The normalized spacial score (nSPS) is 10.0. The van der Waals surface area contributed by atoms with Crippen molar-refractivity contribution in [3.63, 3.8) is 0 Å². The van der Waals surface area contributed by atoms with Crippen molar-refractivity contribution < 1.29 is 18.8 Å². The molecule has 21 heavy (non-hydrogen) atoms. The molecule has 0 radical (unpaired) electrons. The van der Waals surface area contributed by atoms with Gasteiger partial charge in [0.1, 0.15) is 11.6 Å². The van der Waals surface area contributed by atoms with Crippen LogP contribution in [-0.4, -0.2) is 22.9 Å². The van der Waals surface area contributed by atoms with Gasteiger partial charge in [-0.2, -0.15) is 4.39 Å². The van der Waals surface area contributed by atoms with Gasteiger partial charge in [-0.3, -0.25) is 14.9 Å². The number of methoxy groups -OCH3 is 1. The van der Waals surface area contributed by atoms with Crippen LogP contribution in [0.5, 0.6) is 5.75 Å². The molecule has 8 heteroatoms. The quantitative estimate of drug-likeness (QED) is 0.530. The Balaban J connectivity index is 2.28. The van der Waals surface area contributed by atoms with Crippen LogP contribution < -0.4 is 10.1 Å². The van der Waals surface area contributed by atoms with Crippen LogP contribution in [-0.2, 0) is 0 Å². The lowest BCUT2D eigenvalue weighted by molar-refractivity contribution is -0.384. The number of hydrogen-bond donors (Lipinski definition) is 1. The Morgan fingerprint density at radius 1 is 1.38 bits per heavy atom. The number of nitrogens with zero attached hydrogens (tertiary/aromatic N) is 2. The van der Waals surface area contributed by atoms with E-state index in [2.05, 4.69) is 10.3 Å². The van der Waals surface area contributed by atoms with E-state index in [4.69, 9.17) is 4.74 Å². The topological polar surface area (TPSA) is 94.4 Å². The summed E-state index contributed by atoms with van der Waals surface area (Å²) in [6, 6.07) is 7.52. The number of hydrogen-bond acceptors (Lipinski definition) is 5. The van der Waals surface area contributed by atoms with Gasteiger partial charge < -0.3 is 10.1 Å². The van der Waals surface area contributed by atoms with Gasteiger partial charge >= 0.3 is 0 Å². The highest BCUT2D eigenvalue weighted by atomic mass is 19.1. The van der Waals surface area contributed by atoms with Crippen LogP contribution in [0.3, 0.4) is 0 Å². The summed E-state index contributed by atoms with van der Waals surface area (Å²) in [5.74, 6) is -1.28. The number of benzene rings is 1. The monoisotopic (exact) mass is 291 g/mol. The van der Waals surface area contributed by atoms with Crippen molar-refractivity contribution in [1.29, 1.82) is 0 Å². The summed E-state index contributed by atoms with van der Waals surface area (Å²) in [6.07, 6.45) is 0. The number of non-ortho nitro benzene ring substituents is 1. The first-order chi connectivity index (χ1) is 10.0. The van der Waals surface area contributed by atoms with Crippen LogP contribution in [0.25, 0.3) is 0 Å². The molecule has 7 nitrogen and oxygen atoms in total. The van der Waals surface area contributed by atoms with E-state index in [9.17, 15) is 19.3 Å². The molecular weight excluding hydrogens is 281 g/mol. The summed E-state index contributed by atoms with van der Waals surface area (Å²) in [5.41, 5.74) is -0.124. The highest BCUT2D eigenvalue weighted by Crippen LogP contribution is 2.25. The first kappa shape index (κ1) is 14.4. The van der Waals surface area contributed by atoms with E-state index in [0.29, 0.717) is 0 Å². The number of aromatic nitrogens is 1. The van der Waals surface area contributed by atoms with Gasteiger partial charge in [0.25, 0.3) is 11.6 Å². The molecule has 1 N–H and O–H groups in total. The first-order valence-electron chi connectivity index (χ1n) is 5.77. The molecule has 1 aromatic heterocycles. The van der Waals surface area contributed by atoms with E-state index < -0.39 is 16.8 Å². The Hall–Kier alpha value is -3.03. The Morgan fingerprint density at radius 3 is 2.76 bits per heavy atom. The summed E-state index contributed by atoms with van der Waals surface area (Å²) in [6.45, 7) is 0. The lowest BCUT2D eigenvalue weighted by Crippen LogP contribution is -2.14. The molecule has 0 aliphatic rings. The predicted molar refractivity (Wildman–Crippen MR) is 71.8 cm³/mol. The number of carbonyl (C=O) groups excluding carboxylic acids is 1. The summed E-state index contributed by atoms with van der Waals surface area (Å²) in [7, 11) is 1.29. The van der Waals surface area contributed by atoms with Crippen molar-refractivity contribution in [2.24, 2.45) is 0 Å². The molecule has 1 amide bonds. The third-order valence-corrected chi connectivity index (χ3v) is 2.60. The van der Waals surface area contributed by atoms with Crippen LogP contribution in [0.2, 0.25) is 0 Å². The Kier molecular flexibility index (Phi) is 4.07. The van der Waals surface area contributed by atoms with Crippen molar-refractivity contribution in [1.82, 2.24) is 4.98 Å². The summed E-state index contributed by atoms with van der Waals surface area (Å²) in [5, 5.41) is 13.1. The first-order valence-corrected chi connectivity index (χ1v) is 5.77. The highest BCUT2D eigenvalue weighted by Gasteiger charge is 2.17. The van der Waals surface area contributed by atoms with E-state index in [-0.39, 0.29) is 22.8 Å². The third-order valence-electron chi connectivity index (χ3n) is 2.60. The average Bonchev–Trinajstić information content (AvgIpc) is 2.46. The second kappa shape index (κ2) is 5.95. The number of nitro benzene ring substituents is 1. The van der Waals surface area contributed by atoms with Crippen molar-refractivity contribution in [3.05, 3.63) is 58.0 Å². The summed E-state index contributed by atoms with van der Waals surface area (Å²) < 4.78 is 17.9. The van der Waals surface area contributed by atoms with Gasteiger partial charge in [0.2, 0.25) is 5.95 Å². The van der Waals surface area contributed by atoms with Crippen LogP contribution in [0.4, 0.5) is 15.9 Å². The van der Waals surface area contributed by atoms with Crippen LogP contribution in [0.1, 0.15) is 10.4 Å². The van der Waals surface area contributed by atoms with Crippen LogP contribution in [0, 0.1) is 16.1 Å². The number of nitrogens with one attached hydrogen (secondary N) is 1. The van der Waals surface area contributed by atoms with Crippen LogP contribution in [0.15, 0.2) is 36.4 Å². The molecule has 0 bridgehead atoms. The fourth-order valence-corrected chi connectivity index (χ4v) is 1.64. The summed E-state index contributed by atoms with van der Waals surface area (Å²) in [4.78, 5) is 25.6. The molecule has 0 saturated heterocycles. The van der Waals surface area contributed by atoms with E-state index in [1.54, 1.807) is 0 Å². The van der Waals surface area contributed by atoms with Crippen molar-refractivity contribution in [2.45, 2.75) is 0 Å². The molecule has 1 heterocycles. The van der Waals surface area contributed by atoms with E-state index in [1.807, 2.05) is 0 Å². The SMILES string of the molecule is COc1cc([N+](=O)[O-])ccc1C(=O)Nc1cccc(F)n1. The Bertz CT molecular complexity index is 706. The average molecular weight is 291 g/mol. The number of pyridine rings is 1. The van der Waals surface area contributed by atoms with E-state index in [0.717, 1.165) is 12.1 Å². The van der Waals surface area contributed by atoms with Crippen LogP contribution >= 0.6 is 0 Å². The minimum absolute atomic E-state index is 0.0282. The van der Waals surface area contributed by atoms with E-state index >= 15 is 0 Å². The fourth-order valence-electron chi connectivity index (χ4n) is 1.64. The van der Waals surface area contributed by atoms with E-state index in [1.165, 1.54) is 31.4 Å². The number of rotatable bonds is 4. The third kappa shape index (κ3) is 3.30. The molecule has 2 aromatic rings. The number of amides is 1. The van der Waals surface area contributed by atoms with Gasteiger partial charge in [-0.05, 0) is 18.2 Å². The lowest BCUT2D eigenvalue weighted by atomic mass is 10.1. The standard InChI is InChI=1S/C13H10FN3O4/c1-21-10-7-8(17(19)20)5-6-9(10)13(18)16-12-4-2-3-11(14)15-12/h2-7H,1H3,(H,15,16,18). The Morgan fingerprint density at radius 2 is 2.14 bits per heavy atom. The largest absolute Gasteiger partial charge is 0.496 e. The molecule has 2 rings (SSSR count). The minimum atomic E-state index is -0.733. The number of halogens is 1. The zero-order valence-electron chi connectivity index (χ0n) is 10.9. The maximum atomic E-state index is 12.9. The van der Waals surface area contributed by atoms with Gasteiger partial charge in [-0.1, -0.05) is 6.07 Å². The number of carbonyl (C=O) groups is 1. The minimum Gasteiger partial charge on any atom is -0.496 e. The second-order valence-electron chi connectivity index (χ2n) is 3.94. The molecule has 0 fully saturated rings. The van der Waals surface area contributed by atoms with Crippen molar-refractivity contribution in [3.8, 4) is 5.75 Å². The smallest absolute Gasteiger partial charge is 0.273 e. The molecule has 108 valence electrons. The molecule has 0 spiro atoms. The molecule has 0 aliphatic carbocycles. The molecule has 0 atom stereocenters. The Labute approximate surface area is 118 Å². The lowest BCUT2D eigenvalue weighted by Gasteiger charge is -2.08. The predicted octanol–water partition coefficient (Wildman–Crippen LogP) is 2.39. The van der Waals surface area contributed by atoms with Crippen molar-refractivity contribution >= 4 is 17.4 Å². The number of nitro groups is 1. The zero-order valence-corrected chi connectivity index (χ0v) is 10.9. The fraction of sp³-hybridized carbons (Fsp3) is 0.0769. The van der Waals surface area contributed by atoms with Crippen molar-refractivity contribution in [2.75, 3.05) is 12.4 Å². The number of ether oxygens (including phenoxy) is 1. The molecule has 0 unspecified atom stereocenters. The summed E-state index contributed by atoms with van der Waals surface area (Å²) >= 11 is 0. The van der Waals surface area contributed by atoms with Gasteiger partial charge in [0.05, 0.1) is 23.7 Å². The van der Waals surface area contributed by atoms with Gasteiger partial charge in [-0.25, -0.2) is 4.98 Å². The maximum Gasteiger partial charge on any atom is 0.273 e. The van der Waals surface area contributed by atoms with Gasteiger partial charge in [-0.15, -0.1) is 0 Å². The van der Waals surface area contributed by atoms with Gasteiger partial charge in [0, 0.05) is 6.07 Å². The zero-order chi connectivity index (χ0) is 15.4. The molecule has 0 aliphatic heterocycles. The van der Waals surface area contributed by atoms with Gasteiger partial charge in [0.15, 0.2) is 0 Å². The maximum absolute atomic E-state index is 12.9. The molecule has 1 aromatic carbocycles. The molecule has 0 saturated carbocycles. The molecular formula is C13H10FN3O4.